The summed E-state index contributed by atoms with van der Waals surface area (Å²) in [6.45, 7) is 5.14. The fourth-order valence-electron chi connectivity index (χ4n) is 1.83. The number of hydrogen-bond donors (Lipinski definition) is 2. The van der Waals surface area contributed by atoms with Gasteiger partial charge < -0.3 is 10.6 Å². The van der Waals surface area contributed by atoms with Crippen molar-refractivity contribution in [1.29, 1.82) is 0 Å². The van der Waals surface area contributed by atoms with Crippen molar-refractivity contribution in [2.24, 2.45) is 4.99 Å². The van der Waals surface area contributed by atoms with Gasteiger partial charge in [0.2, 0.25) is 0 Å². The van der Waals surface area contributed by atoms with Crippen molar-refractivity contribution < 1.29 is 8.42 Å². The first-order valence-electron chi connectivity index (χ1n) is 6.38. The molecular weight excluding hydrogens is 262 g/mol. The van der Waals surface area contributed by atoms with Crippen LogP contribution < -0.4 is 10.6 Å². The molecule has 1 aliphatic heterocycles. The summed E-state index contributed by atoms with van der Waals surface area (Å²) in [6.07, 6.45) is 0. The van der Waals surface area contributed by atoms with Gasteiger partial charge in [-0.2, -0.15) is 0 Å². The monoisotopic (exact) mass is 281 g/mol. The Balaban J connectivity index is 1.96. The van der Waals surface area contributed by atoms with Crippen molar-refractivity contribution in [2.75, 3.05) is 12.3 Å². The molecule has 6 heteroatoms. The van der Waals surface area contributed by atoms with Gasteiger partial charge >= 0.3 is 0 Å². The lowest BCUT2D eigenvalue weighted by Crippen LogP contribution is -2.37. The second-order valence-electron chi connectivity index (χ2n) is 4.64. The van der Waals surface area contributed by atoms with E-state index in [2.05, 4.69) is 22.5 Å². The Morgan fingerprint density at radius 2 is 2.05 bits per heavy atom. The van der Waals surface area contributed by atoms with Crippen LogP contribution in [0.1, 0.15) is 19.4 Å². The average molecular weight is 281 g/mol. The summed E-state index contributed by atoms with van der Waals surface area (Å²) in [5.41, 5.74) is 1.03. The Hall–Kier alpha value is -1.56. The number of aliphatic imine (C=N–C) groups is 1. The Morgan fingerprint density at radius 1 is 1.37 bits per heavy atom. The van der Waals surface area contributed by atoms with E-state index in [-0.39, 0.29) is 5.75 Å². The Morgan fingerprint density at radius 3 is 2.58 bits per heavy atom. The molecule has 1 atom stereocenters. The Labute approximate surface area is 114 Å². The zero-order valence-electron chi connectivity index (χ0n) is 11.2. The number of nitrogens with one attached hydrogen (secondary N) is 2. The highest BCUT2D eigenvalue weighted by Crippen LogP contribution is 2.12. The predicted molar refractivity (Wildman–Crippen MR) is 75.9 cm³/mol. The van der Waals surface area contributed by atoms with Crippen LogP contribution in [-0.2, 0) is 16.4 Å². The highest BCUT2D eigenvalue weighted by atomic mass is 32.2. The molecule has 0 fully saturated rings. The zero-order valence-corrected chi connectivity index (χ0v) is 12.0. The minimum Gasteiger partial charge on any atom is -0.352 e. The van der Waals surface area contributed by atoms with Crippen LogP contribution in [0.15, 0.2) is 34.2 Å². The van der Waals surface area contributed by atoms with Gasteiger partial charge in [-0.3, -0.25) is 4.99 Å². The van der Waals surface area contributed by atoms with Gasteiger partial charge in [0.05, 0.1) is 17.2 Å². The van der Waals surface area contributed by atoms with E-state index < -0.39 is 9.84 Å². The van der Waals surface area contributed by atoms with E-state index in [0.29, 0.717) is 17.5 Å². The highest BCUT2D eigenvalue weighted by Gasteiger charge is 2.12. The van der Waals surface area contributed by atoms with Gasteiger partial charge in [-0.15, -0.1) is 0 Å². The summed E-state index contributed by atoms with van der Waals surface area (Å²) >= 11 is 0. The largest absolute Gasteiger partial charge is 0.352 e. The quantitative estimate of drug-likeness (QED) is 0.861. The molecular formula is C13H19N3O2S. The molecule has 0 spiro atoms. The maximum Gasteiger partial charge on any atom is 0.191 e. The minimum absolute atomic E-state index is 0.128. The van der Waals surface area contributed by atoms with Crippen LogP contribution in [0, 0.1) is 0 Å². The van der Waals surface area contributed by atoms with Crippen LogP contribution in [0.3, 0.4) is 0 Å². The number of rotatable bonds is 4. The first-order chi connectivity index (χ1) is 9.01. The van der Waals surface area contributed by atoms with Gasteiger partial charge in [-0.1, -0.05) is 19.1 Å². The first-order valence-corrected chi connectivity index (χ1v) is 8.03. The molecule has 1 aromatic carbocycles. The third-order valence-electron chi connectivity index (χ3n) is 3.03. The lowest BCUT2D eigenvalue weighted by molar-refractivity contribution is 0.597. The summed E-state index contributed by atoms with van der Waals surface area (Å²) in [7, 11) is -3.11. The smallest absolute Gasteiger partial charge is 0.191 e. The van der Waals surface area contributed by atoms with E-state index in [0.717, 1.165) is 18.1 Å². The van der Waals surface area contributed by atoms with Gasteiger partial charge in [-0.25, -0.2) is 8.42 Å². The molecule has 5 nitrogen and oxygen atoms in total. The Bertz CT molecular complexity index is 564. The molecule has 1 heterocycles. The molecule has 0 amide bonds. The Kier molecular flexibility index (Phi) is 4.09. The average Bonchev–Trinajstić information content (AvgIpc) is 2.83. The van der Waals surface area contributed by atoms with Crippen molar-refractivity contribution in [2.45, 2.75) is 31.3 Å². The van der Waals surface area contributed by atoms with Crippen LogP contribution in [0.25, 0.3) is 0 Å². The molecule has 1 aliphatic rings. The summed E-state index contributed by atoms with van der Waals surface area (Å²) in [5.74, 6) is 0.932. The molecule has 0 bridgehead atoms. The highest BCUT2D eigenvalue weighted by molar-refractivity contribution is 7.91. The molecule has 2 N–H and O–H groups in total. The summed E-state index contributed by atoms with van der Waals surface area (Å²) in [5, 5.41) is 6.40. The number of benzene rings is 1. The van der Waals surface area contributed by atoms with Gasteiger partial charge in [0, 0.05) is 12.6 Å². The maximum atomic E-state index is 11.7. The van der Waals surface area contributed by atoms with E-state index in [1.165, 1.54) is 0 Å². The van der Waals surface area contributed by atoms with Crippen molar-refractivity contribution in [3.63, 3.8) is 0 Å². The number of nitrogens with zero attached hydrogens (tertiary/aromatic N) is 1. The third kappa shape index (κ3) is 3.47. The van der Waals surface area contributed by atoms with Gasteiger partial charge in [0.15, 0.2) is 15.8 Å². The number of guanidine groups is 1. The lowest BCUT2D eigenvalue weighted by Gasteiger charge is -2.09. The van der Waals surface area contributed by atoms with E-state index in [4.69, 9.17) is 0 Å². The first kappa shape index (κ1) is 13.9. The predicted octanol–water partition coefficient (Wildman–Crippen LogP) is 0.917. The molecule has 1 unspecified atom stereocenters. The van der Waals surface area contributed by atoms with Gasteiger partial charge in [0.25, 0.3) is 0 Å². The summed E-state index contributed by atoms with van der Waals surface area (Å²) < 4.78 is 23.3. The van der Waals surface area contributed by atoms with Crippen LogP contribution in [0.4, 0.5) is 0 Å². The maximum absolute atomic E-state index is 11.7. The fourth-order valence-corrected chi connectivity index (χ4v) is 2.71. The van der Waals surface area contributed by atoms with Crippen molar-refractivity contribution in [3.05, 3.63) is 29.8 Å². The van der Waals surface area contributed by atoms with Crippen molar-refractivity contribution >= 4 is 15.8 Å². The van der Waals surface area contributed by atoms with Crippen LogP contribution in [0.5, 0.6) is 0 Å². The lowest BCUT2D eigenvalue weighted by atomic mass is 10.2. The normalized spacial score (nSPS) is 18.8. The molecule has 0 aromatic heterocycles. The molecule has 0 radical (unpaired) electrons. The topological polar surface area (TPSA) is 70.6 Å². The minimum atomic E-state index is -3.11. The second-order valence-corrected chi connectivity index (χ2v) is 6.91. The molecule has 0 saturated carbocycles. The third-order valence-corrected chi connectivity index (χ3v) is 4.78. The standard InChI is InChI=1S/C13H19N3O2S/c1-3-19(17,18)12-6-4-11(5-7-12)9-15-13-14-8-10(2)16-13/h4-7,10H,3,8-9H2,1-2H3,(H2,14,15,16). The molecule has 0 aliphatic carbocycles. The van der Waals surface area contributed by atoms with Crippen LogP contribution in [-0.4, -0.2) is 32.7 Å². The van der Waals surface area contributed by atoms with E-state index >= 15 is 0 Å². The second kappa shape index (κ2) is 5.61. The number of sulfone groups is 1. The SMILES string of the molecule is CCS(=O)(=O)c1ccc(CNC2=NCC(C)N2)cc1. The molecule has 19 heavy (non-hydrogen) atoms. The van der Waals surface area contributed by atoms with Crippen molar-refractivity contribution in [3.8, 4) is 0 Å². The molecule has 0 saturated heterocycles. The van der Waals surface area contributed by atoms with E-state index in [1.807, 2.05) is 12.1 Å². The van der Waals surface area contributed by atoms with E-state index in [9.17, 15) is 8.42 Å². The summed E-state index contributed by atoms with van der Waals surface area (Å²) in [6, 6.07) is 7.34. The fraction of sp³-hybridized carbons (Fsp3) is 0.462. The van der Waals surface area contributed by atoms with Crippen LogP contribution >= 0.6 is 0 Å². The molecule has 104 valence electrons. The van der Waals surface area contributed by atoms with E-state index in [1.54, 1.807) is 19.1 Å². The summed E-state index contributed by atoms with van der Waals surface area (Å²) in [4.78, 5) is 4.68. The van der Waals surface area contributed by atoms with Gasteiger partial charge in [-0.05, 0) is 24.6 Å². The zero-order chi connectivity index (χ0) is 13.9. The van der Waals surface area contributed by atoms with Gasteiger partial charge in [0.1, 0.15) is 0 Å². The van der Waals surface area contributed by atoms with Crippen LogP contribution in [0.2, 0.25) is 0 Å². The number of hydrogen-bond acceptors (Lipinski definition) is 5. The molecule has 2 rings (SSSR count). The molecule has 1 aromatic rings. The van der Waals surface area contributed by atoms with Crippen molar-refractivity contribution in [1.82, 2.24) is 10.6 Å².